The molecule has 3 aromatic carbocycles. The SMILES string of the molecule is O=C1C(=C2Sc3ccc(Cl)cc3N2CCCc2ccccc2)SC(=S)N1Cc1ccccc1. The zero-order chi connectivity index (χ0) is 22.8. The Bertz CT molecular complexity index is 1230. The largest absolute Gasteiger partial charge is 0.334 e. The number of hydrogen-bond donors (Lipinski definition) is 0. The standard InChI is InChI=1S/C26H21ClN2OS3/c27-20-13-14-22-21(16-20)28(15-7-12-18-8-3-1-4-9-18)25(32-22)23-24(30)29(26(31)33-23)17-19-10-5-2-6-11-19/h1-6,8-11,13-14,16H,7,12,15,17H2. The molecule has 0 radical (unpaired) electrons. The van der Waals surface area contributed by atoms with Crippen molar-refractivity contribution in [3.05, 3.63) is 105 Å². The number of amides is 1. The van der Waals surface area contributed by atoms with Crippen molar-refractivity contribution in [2.45, 2.75) is 24.3 Å². The van der Waals surface area contributed by atoms with Crippen molar-refractivity contribution in [1.82, 2.24) is 4.90 Å². The maximum Gasteiger partial charge on any atom is 0.269 e. The van der Waals surface area contributed by atoms with Crippen LogP contribution in [0.2, 0.25) is 5.02 Å². The zero-order valence-electron chi connectivity index (χ0n) is 17.7. The Morgan fingerprint density at radius 3 is 2.27 bits per heavy atom. The van der Waals surface area contributed by atoms with E-state index in [1.165, 1.54) is 17.3 Å². The molecular weight excluding hydrogens is 488 g/mol. The van der Waals surface area contributed by atoms with Gasteiger partial charge in [0.05, 0.1) is 12.2 Å². The minimum absolute atomic E-state index is 0.0247. The molecule has 3 aromatic rings. The van der Waals surface area contributed by atoms with Gasteiger partial charge in [0, 0.05) is 16.5 Å². The number of thiocarbonyl (C=S) groups is 1. The van der Waals surface area contributed by atoms with E-state index in [1.807, 2.05) is 54.6 Å². The Labute approximate surface area is 212 Å². The molecule has 1 amide bonds. The van der Waals surface area contributed by atoms with Gasteiger partial charge in [-0.3, -0.25) is 9.69 Å². The van der Waals surface area contributed by atoms with Crippen molar-refractivity contribution >= 4 is 63.3 Å². The van der Waals surface area contributed by atoms with Crippen LogP contribution in [0, 0.1) is 0 Å². The van der Waals surface area contributed by atoms with Crippen molar-refractivity contribution in [3.8, 4) is 0 Å². The third-order valence-corrected chi connectivity index (χ3v) is 8.57. The number of benzene rings is 3. The van der Waals surface area contributed by atoms with E-state index in [2.05, 4.69) is 29.2 Å². The lowest BCUT2D eigenvalue weighted by Crippen LogP contribution is -2.28. The van der Waals surface area contributed by atoms with Gasteiger partial charge in [-0.25, -0.2) is 0 Å². The number of fused-ring (bicyclic) bond motifs is 1. The highest BCUT2D eigenvalue weighted by molar-refractivity contribution is 8.27. The molecule has 7 heteroatoms. The molecule has 2 aliphatic rings. The Kier molecular flexibility index (Phi) is 6.79. The van der Waals surface area contributed by atoms with Gasteiger partial charge in [-0.2, -0.15) is 0 Å². The number of carbonyl (C=O) groups is 1. The molecule has 0 saturated carbocycles. The molecule has 33 heavy (non-hydrogen) atoms. The van der Waals surface area contributed by atoms with Crippen LogP contribution >= 0.6 is 47.3 Å². The molecule has 1 fully saturated rings. The Morgan fingerprint density at radius 1 is 0.848 bits per heavy atom. The van der Waals surface area contributed by atoms with Crippen LogP contribution in [-0.4, -0.2) is 21.7 Å². The molecule has 3 nitrogen and oxygen atoms in total. The maximum atomic E-state index is 13.5. The van der Waals surface area contributed by atoms with Crippen LogP contribution in [0.5, 0.6) is 0 Å². The van der Waals surface area contributed by atoms with Gasteiger partial charge in [-0.15, -0.1) is 0 Å². The normalized spacial score (nSPS) is 17.7. The molecule has 0 aliphatic carbocycles. The van der Waals surface area contributed by atoms with Crippen molar-refractivity contribution in [3.63, 3.8) is 0 Å². The van der Waals surface area contributed by atoms with E-state index in [1.54, 1.807) is 16.7 Å². The first kappa shape index (κ1) is 22.5. The van der Waals surface area contributed by atoms with Crippen molar-refractivity contribution in [2.75, 3.05) is 11.4 Å². The van der Waals surface area contributed by atoms with Gasteiger partial charge >= 0.3 is 0 Å². The van der Waals surface area contributed by atoms with Crippen LogP contribution < -0.4 is 4.90 Å². The molecule has 0 atom stereocenters. The minimum atomic E-state index is -0.0247. The monoisotopic (exact) mass is 508 g/mol. The maximum absolute atomic E-state index is 13.5. The first-order valence-electron chi connectivity index (χ1n) is 10.7. The molecule has 2 heterocycles. The predicted molar refractivity (Wildman–Crippen MR) is 144 cm³/mol. The summed E-state index contributed by atoms with van der Waals surface area (Å²) in [5.41, 5.74) is 3.43. The summed E-state index contributed by atoms with van der Waals surface area (Å²) >= 11 is 15.0. The summed E-state index contributed by atoms with van der Waals surface area (Å²) in [7, 11) is 0. The van der Waals surface area contributed by atoms with Gasteiger partial charge in [0.15, 0.2) is 0 Å². The molecule has 0 spiro atoms. The van der Waals surface area contributed by atoms with E-state index < -0.39 is 0 Å². The fourth-order valence-electron chi connectivity index (χ4n) is 3.96. The highest BCUT2D eigenvalue weighted by Gasteiger charge is 2.39. The molecule has 166 valence electrons. The van der Waals surface area contributed by atoms with Gasteiger partial charge in [-0.1, -0.05) is 108 Å². The second-order valence-corrected chi connectivity index (χ2v) is 10.9. The third-order valence-electron chi connectivity index (χ3n) is 5.58. The van der Waals surface area contributed by atoms with Crippen LogP contribution in [0.1, 0.15) is 17.5 Å². The summed E-state index contributed by atoms with van der Waals surface area (Å²) in [5, 5.41) is 1.65. The van der Waals surface area contributed by atoms with Crippen molar-refractivity contribution < 1.29 is 4.79 Å². The molecule has 1 saturated heterocycles. The second kappa shape index (κ2) is 9.94. The number of rotatable bonds is 6. The first-order valence-corrected chi connectivity index (χ1v) is 13.1. The number of aryl methyl sites for hydroxylation is 1. The zero-order valence-corrected chi connectivity index (χ0v) is 20.9. The first-order chi connectivity index (χ1) is 16.1. The van der Waals surface area contributed by atoms with Gasteiger partial charge in [0.1, 0.15) is 14.3 Å². The number of carbonyl (C=O) groups excluding carboxylic acids is 1. The number of thioether (sulfide) groups is 2. The quantitative estimate of drug-likeness (QED) is 0.261. The topological polar surface area (TPSA) is 23.6 Å². The van der Waals surface area contributed by atoms with E-state index in [4.69, 9.17) is 23.8 Å². The van der Waals surface area contributed by atoms with Crippen LogP contribution in [0.4, 0.5) is 5.69 Å². The number of anilines is 1. The number of halogens is 1. The highest BCUT2D eigenvalue weighted by atomic mass is 35.5. The van der Waals surface area contributed by atoms with Crippen molar-refractivity contribution in [2.24, 2.45) is 0 Å². The Balaban J connectivity index is 1.42. The molecule has 2 aliphatic heterocycles. The Morgan fingerprint density at radius 2 is 1.55 bits per heavy atom. The third kappa shape index (κ3) is 4.85. The second-order valence-electron chi connectivity index (χ2n) is 7.83. The van der Waals surface area contributed by atoms with E-state index in [0.717, 1.165) is 40.6 Å². The summed E-state index contributed by atoms with van der Waals surface area (Å²) in [6.07, 6.45) is 1.94. The highest BCUT2D eigenvalue weighted by Crippen LogP contribution is 2.51. The molecule has 0 aromatic heterocycles. The predicted octanol–water partition coefficient (Wildman–Crippen LogP) is 7.11. The Hall–Kier alpha value is -2.25. The van der Waals surface area contributed by atoms with Crippen molar-refractivity contribution in [1.29, 1.82) is 0 Å². The van der Waals surface area contributed by atoms with Crippen LogP contribution in [0.3, 0.4) is 0 Å². The van der Waals surface area contributed by atoms with Crippen LogP contribution in [0.15, 0.2) is 93.7 Å². The van der Waals surface area contributed by atoms with Gasteiger partial charge in [0.25, 0.3) is 5.91 Å². The molecule has 5 rings (SSSR count). The minimum Gasteiger partial charge on any atom is -0.334 e. The van der Waals surface area contributed by atoms with Crippen LogP contribution in [-0.2, 0) is 17.8 Å². The summed E-state index contributed by atoms with van der Waals surface area (Å²) in [5.74, 6) is -0.0247. The fourth-order valence-corrected chi connectivity index (χ4v) is 6.70. The molecule has 0 unspecified atom stereocenters. The lowest BCUT2D eigenvalue weighted by atomic mass is 10.1. The lowest BCUT2D eigenvalue weighted by molar-refractivity contribution is -0.122. The van der Waals surface area contributed by atoms with Gasteiger partial charge < -0.3 is 4.90 Å². The van der Waals surface area contributed by atoms with Gasteiger partial charge in [0.2, 0.25) is 0 Å². The smallest absolute Gasteiger partial charge is 0.269 e. The molecular formula is C26H21ClN2OS3. The summed E-state index contributed by atoms with van der Waals surface area (Å²) in [4.78, 5) is 19.2. The summed E-state index contributed by atoms with van der Waals surface area (Å²) < 4.78 is 0.602. The van der Waals surface area contributed by atoms with E-state index in [9.17, 15) is 4.79 Å². The lowest BCUT2D eigenvalue weighted by Gasteiger charge is -2.22. The number of hydrogen-bond acceptors (Lipinski definition) is 5. The number of nitrogens with zero attached hydrogens (tertiary/aromatic N) is 2. The summed E-state index contributed by atoms with van der Waals surface area (Å²) in [6.45, 7) is 1.28. The average molecular weight is 509 g/mol. The van der Waals surface area contributed by atoms with Gasteiger partial charge in [-0.05, 0) is 42.2 Å². The van der Waals surface area contributed by atoms with E-state index in [0.29, 0.717) is 20.8 Å². The fraction of sp³-hybridized carbons (Fsp3) is 0.154. The van der Waals surface area contributed by atoms with Crippen LogP contribution in [0.25, 0.3) is 0 Å². The molecule has 0 N–H and O–H groups in total. The van der Waals surface area contributed by atoms with E-state index >= 15 is 0 Å². The molecule has 0 bridgehead atoms. The summed E-state index contributed by atoms with van der Waals surface area (Å²) in [6, 6.07) is 26.4. The average Bonchev–Trinajstić information content (AvgIpc) is 3.32. The van der Waals surface area contributed by atoms with E-state index in [-0.39, 0.29) is 5.91 Å².